The normalized spacial score (nSPS) is 19.5. The lowest BCUT2D eigenvalue weighted by Crippen LogP contribution is -2.42. The molecular formula is C15H26N2O2S2. The molecule has 2 heterocycles. The Labute approximate surface area is 132 Å². The van der Waals surface area contributed by atoms with Crippen LogP contribution in [-0.2, 0) is 16.6 Å². The van der Waals surface area contributed by atoms with E-state index in [1.54, 1.807) is 4.31 Å². The molecule has 0 amide bonds. The Hall–Kier alpha value is -0.430. The fraction of sp³-hybridized carbons (Fsp3) is 0.733. The summed E-state index contributed by atoms with van der Waals surface area (Å²) in [5.41, 5.74) is 0.788. The van der Waals surface area contributed by atoms with Crippen molar-refractivity contribution in [2.45, 2.75) is 69.8 Å². The highest BCUT2D eigenvalue weighted by molar-refractivity contribution is 7.91. The van der Waals surface area contributed by atoms with Crippen molar-refractivity contribution in [3.05, 3.63) is 16.5 Å². The standard InChI is InChI=1S/C15H26N2O2S2/c1-11(2)16-10-13-12(3)9-14(20-13)21(18,19)17-8-6-7-15(17,4)5/h9,11,16H,6-8,10H2,1-5H3. The van der Waals surface area contributed by atoms with Gasteiger partial charge in [-0.05, 0) is 45.2 Å². The number of hydrogen-bond donors (Lipinski definition) is 1. The second kappa shape index (κ2) is 5.99. The quantitative estimate of drug-likeness (QED) is 0.902. The fourth-order valence-electron chi connectivity index (χ4n) is 2.72. The van der Waals surface area contributed by atoms with Gasteiger partial charge < -0.3 is 5.32 Å². The zero-order valence-electron chi connectivity index (χ0n) is 13.6. The summed E-state index contributed by atoms with van der Waals surface area (Å²) in [7, 11) is -3.36. The van der Waals surface area contributed by atoms with E-state index in [9.17, 15) is 8.42 Å². The molecule has 21 heavy (non-hydrogen) atoms. The monoisotopic (exact) mass is 330 g/mol. The average molecular weight is 331 g/mol. The van der Waals surface area contributed by atoms with Crippen LogP contribution in [0.15, 0.2) is 10.3 Å². The van der Waals surface area contributed by atoms with E-state index in [2.05, 4.69) is 19.2 Å². The number of sulfonamides is 1. The molecule has 1 saturated heterocycles. The lowest BCUT2D eigenvalue weighted by molar-refractivity contribution is 0.292. The highest BCUT2D eigenvalue weighted by Crippen LogP contribution is 2.37. The molecule has 4 nitrogen and oxygen atoms in total. The maximum Gasteiger partial charge on any atom is 0.253 e. The molecule has 120 valence electrons. The van der Waals surface area contributed by atoms with Gasteiger partial charge in [-0.15, -0.1) is 11.3 Å². The Morgan fingerprint density at radius 3 is 2.62 bits per heavy atom. The van der Waals surface area contributed by atoms with Gasteiger partial charge in [0, 0.05) is 29.5 Å². The molecule has 0 radical (unpaired) electrons. The van der Waals surface area contributed by atoms with Gasteiger partial charge in [-0.1, -0.05) is 13.8 Å². The molecule has 0 unspecified atom stereocenters. The minimum absolute atomic E-state index is 0.271. The van der Waals surface area contributed by atoms with Gasteiger partial charge in [0.25, 0.3) is 10.0 Å². The summed E-state index contributed by atoms with van der Waals surface area (Å²) in [5.74, 6) is 0. The summed E-state index contributed by atoms with van der Waals surface area (Å²) >= 11 is 1.40. The zero-order chi connectivity index (χ0) is 15.8. The lowest BCUT2D eigenvalue weighted by Gasteiger charge is -2.29. The van der Waals surface area contributed by atoms with Gasteiger partial charge in [0.1, 0.15) is 4.21 Å². The van der Waals surface area contributed by atoms with E-state index in [1.165, 1.54) is 11.3 Å². The van der Waals surface area contributed by atoms with Gasteiger partial charge in [-0.2, -0.15) is 4.31 Å². The van der Waals surface area contributed by atoms with Crippen molar-refractivity contribution in [2.24, 2.45) is 0 Å². The summed E-state index contributed by atoms with van der Waals surface area (Å²) in [6.07, 6.45) is 1.87. The molecule has 1 N–H and O–H groups in total. The van der Waals surface area contributed by atoms with Gasteiger partial charge in [0.15, 0.2) is 0 Å². The predicted octanol–water partition coefficient (Wildman–Crippen LogP) is 3.12. The Bertz CT molecular complexity index is 603. The van der Waals surface area contributed by atoms with Crippen LogP contribution >= 0.6 is 11.3 Å². The van der Waals surface area contributed by atoms with Crippen LogP contribution < -0.4 is 5.32 Å². The van der Waals surface area contributed by atoms with Crippen molar-refractivity contribution in [2.75, 3.05) is 6.54 Å². The molecule has 1 aliphatic heterocycles. The molecular weight excluding hydrogens is 304 g/mol. The first-order valence-electron chi connectivity index (χ1n) is 7.50. The van der Waals surface area contributed by atoms with E-state index in [0.29, 0.717) is 16.8 Å². The summed E-state index contributed by atoms with van der Waals surface area (Å²) < 4.78 is 27.9. The SMILES string of the molecule is Cc1cc(S(=O)(=O)N2CCCC2(C)C)sc1CNC(C)C. The molecule has 0 aromatic carbocycles. The first-order valence-corrected chi connectivity index (χ1v) is 9.76. The molecule has 0 spiro atoms. The molecule has 0 bridgehead atoms. The number of hydrogen-bond acceptors (Lipinski definition) is 4. The third kappa shape index (κ3) is 3.50. The van der Waals surface area contributed by atoms with Crippen molar-refractivity contribution in [1.82, 2.24) is 9.62 Å². The molecule has 0 aliphatic carbocycles. The largest absolute Gasteiger partial charge is 0.310 e. The Kier molecular flexibility index (Phi) is 4.83. The van der Waals surface area contributed by atoms with Crippen molar-refractivity contribution in [3.8, 4) is 0 Å². The van der Waals surface area contributed by atoms with Crippen molar-refractivity contribution >= 4 is 21.4 Å². The summed E-state index contributed by atoms with van der Waals surface area (Å²) in [5, 5.41) is 3.36. The van der Waals surface area contributed by atoms with Crippen molar-refractivity contribution < 1.29 is 8.42 Å². The van der Waals surface area contributed by atoms with E-state index in [4.69, 9.17) is 0 Å². The van der Waals surface area contributed by atoms with E-state index < -0.39 is 10.0 Å². The van der Waals surface area contributed by atoms with Crippen molar-refractivity contribution in [3.63, 3.8) is 0 Å². The topological polar surface area (TPSA) is 49.4 Å². The van der Waals surface area contributed by atoms with Crippen LogP contribution in [0.3, 0.4) is 0 Å². The second-order valence-electron chi connectivity index (χ2n) is 6.70. The van der Waals surface area contributed by atoms with Gasteiger partial charge in [-0.3, -0.25) is 0 Å². The Morgan fingerprint density at radius 1 is 1.43 bits per heavy atom. The van der Waals surface area contributed by atoms with Crippen LogP contribution in [0.1, 0.15) is 51.0 Å². The minimum Gasteiger partial charge on any atom is -0.310 e. The number of nitrogens with one attached hydrogen (secondary N) is 1. The van der Waals surface area contributed by atoms with Gasteiger partial charge >= 0.3 is 0 Å². The number of thiophene rings is 1. The van der Waals surface area contributed by atoms with E-state index in [0.717, 1.165) is 29.8 Å². The van der Waals surface area contributed by atoms with Crippen molar-refractivity contribution in [1.29, 1.82) is 0 Å². The van der Waals surface area contributed by atoms with Crippen LogP contribution in [0.2, 0.25) is 0 Å². The first-order chi connectivity index (χ1) is 9.64. The van der Waals surface area contributed by atoms with Crippen LogP contribution in [0.25, 0.3) is 0 Å². The highest BCUT2D eigenvalue weighted by atomic mass is 32.2. The molecule has 1 fully saturated rings. The minimum atomic E-state index is -3.36. The van der Waals surface area contributed by atoms with Crippen LogP contribution in [-0.4, -0.2) is 30.8 Å². The van der Waals surface area contributed by atoms with Gasteiger partial charge in [-0.25, -0.2) is 8.42 Å². The van der Waals surface area contributed by atoms with Crippen LogP contribution in [0.5, 0.6) is 0 Å². The van der Waals surface area contributed by atoms with Gasteiger partial charge in [0.2, 0.25) is 0 Å². The number of aryl methyl sites for hydroxylation is 1. The highest BCUT2D eigenvalue weighted by Gasteiger charge is 2.41. The summed E-state index contributed by atoms with van der Waals surface area (Å²) in [6.45, 7) is 11.6. The van der Waals surface area contributed by atoms with Gasteiger partial charge in [0.05, 0.1) is 0 Å². The van der Waals surface area contributed by atoms with E-state index >= 15 is 0 Å². The first kappa shape index (κ1) is 16.9. The molecule has 1 aliphatic rings. The second-order valence-corrected chi connectivity index (χ2v) is 9.93. The Morgan fingerprint density at radius 2 is 2.10 bits per heavy atom. The average Bonchev–Trinajstić information content (AvgIpc) is 2.90. The van der Waals surface area contributed by atoms with Crippen LogP contribution in [0.4, 0.5) is 0 Å². The number of rotatable bonds is 5. The molecule has 0 atom stereocenters. The van der Waals surface area contributed by atoms with E-state index in [-0.39, 0.29) is 5.54 Å². The maximum atomic E-state index is 12.9. The maximum absolute atomic E-state index is 12.9. The third-order valence-electron chi connectivity index (χ3n) is 4.04. The van der Waals surface area contributed by atoms with Crippen LogP contribution in [0, 0.1) is 6.92 Å². The third-order valence-corrected chi connectivity index (χ3v) is 7.84. The number of nitrogens with zero attached hydrogens (tertiary/aromatic N) is 1. The molecule has 0 saturated carbocycles. The summed E-state index contributed by atoms with van der Waals surface area (Å²) in [4.78, 5) is 1.11. The summed E-state index contributed by atoms with van der Waals surface area (Å²) in [6, 6.07) is 2.22. The fourth-order valence-corrected chi connectivity index (χ4v) is 6.23. The zero-order valence-corrected chi connectivity index (χ0v) is 15.2. The molecule has 2 rings (SSSR count). The smallest absolute Gasteiger partial charge is 0.253 e. The van der Waals surface area contributed by atoms with E-state index in [1.807, 2.05) is 26.8 Å². The molecule has 1 aromatic rings. The Balaban J connectivity index is 2.27. The predicted molar refractivity (Wildman–Crippen MR) is 88.2 cm³/mol. The molecule has 6 heteroatoms. The molecule has 1 aromatic heterocycles. The lowest BCUT2D eigenvalue weighted by atomic mass is 10.0.